The summed E-state index contributed by atoms with van der Waals surface area (Å²) in [7, 11) is 0. The highest BCUT2D eigenvalue weighted by Crippen LogP contribution is 2.73. The van der Waals surface area contributed by atoms with Gasteiger partial charge in [0.05, 0.1) is 5.60 Å². The molecule has 0 heterocycles. The first-order valence-corrected chi connectivity index (χ1v) is 15.4. The highest BCUT2D eigenvalue weighted by Gasteiger charge is 2.74. The van der Waals surface area contributed by atoms with Crippen LogP contribution in [-0.4, -0.2) is 57.5 Å². The Morgan fingerprint density at radius 3 is 2.19 bits per heavy atom. The van der Waals surface area contributed by atoms with Gasteiger partial charge in [-0.3, -0.25) is 19.2 Å². The fourth-order valence-corrected chi connectivity index (χ4v) is 9.84. The first-order valence-electron chi connectivity index (χ1n) is 15.4. The van der Waals surface area contributed by atoms with E-state index in [0.717, 1.165) is 0 Å². The van der Waals surface area contributed by atoms with Crippen LogP contribution < -0.4 is 0 Å². The molecule has 0 aromatic carbocycles. The van der Waals surface area contributed by atoms with Crippen molar-refractivity contribution in [3.63, 3.8) is 0 Å². The molecule has 0 radical (unpaired) electrons. The van der Waals surface area contributed by atoms with E-state index in [1.165, 1.54) is 13.8 Å². The molecule has 0 bridgehead atoms. The molecule has 0 aliphatic heterocycles. The van der Waals surface area contributed by atoms with E-state index >= 15 is 0 Å². The third-order valence-corrected chi connectivity index (χ3v) is 11.8. The number of esters is 2. The monoisotopic (exact) mass is 588 g/mol. The molecule has 9 atom stereocenters. The Morgan fingerprint density at radius 2 is 1.64 bits per heavy atom. The van der Waals surface area contributed by atoms with Crippen molar-refractivity contribution in [1.82, 2.24) is 0 Å². The molecule has 4 rings (SSSR count). The van der Waals surface area contributed by atoms with Crippen molar-refractivity contribution < 1.29 is 43.7 Å². The number of hydrogen-bond donors (Lipinski definition) is 2. The summed E-state index contributed by atoms with van der Waals surface area (Å²) < 4.78 is 11.6. The number of carbonyl (C=O) groups is 5. The maximum Gasteiger partial charge on any atom is 0.331 e. The summed E-state index contributed by atoms with van der Waals surface area (Å²) >= 11 is 0. The summed E-state index contributed by atoms with van der Waals surface area (Å²) in [6.07, 6.45) is 1.64. The zero-order valence-corrected chi connectivity index (χ0v) is 26.4. The van der Waals surface area contributed by atoms with Gasteiger partial charge in [-0.1, -0.05) is 27.7 Å². The topological polar surface area (TPSA) is 144 Å². The Bertz CT molecular complexity index is 1210. The number of ketones is 2. The van der Waals surface area contributed by atoms with Crippen molar-refractivity contribution >= 4 is 29.5 Å². The first-order chi connectivity index (χ1) is 19.3. The van der Waals surface area contributed by atoms with E-state index in [2.05, 4.69) is 6.92 Å². The van der Waals surface area contributed by atoms with Gasteiger partial charge in [0.25, 0.3) is 0 Å². The summed E-state index contributed by atoms with van der Waals surface area (Å²) in [5, 5.41) is 20.7. The van der Waals surface area contributed by atoms with Gasteiger partial charge in [-0.15, -0.1) is 0 Å². The van der Waals surface area contributed by atoms with Gasteiger partial charge in [-0.05, 0) is 87.0 Å². The maximum absolute atomic E-state index is 14.8. The third kappa shape index (κ3) is 5.03. The number of aliphatic hydroxyl groups is 1. The largest absolute Gasteiger partial charge is 0.478 e. The molecule has 0 amide bonds. The van der Waals surface area contributed by atoms with E-state index in [0.29, 0.717) is 44.1 Å². The Hall–Kier alpha value is -2.55. The van der Waals surface area contributed by atoms with E-state index in [9.17, 15) is 34.2 Å². The van der Waals surface area contributed by atoms with Crippen molar-refractivity contribution in [2.75, 3.05) is 0 Å². The fourth-order valence-electron chi connectivity index (χ4n) is 9.84. The van der Waals surface area contributed by atoms with Crippen LogP contribution in [0.3, 0.4) is 0 Å². The van der Waals surface area contributed by atoms with E-state index in [1.54, 1.807) is 13.8 Å². The maximum atomic E-state index is 14.8. The number of rotatable bonds is 7. The average molecular weight is 589 g/mol. The number of carboxylic acids is 1. The lowest BCUT2D eigenvalue weighted by molar-refractivity contribution is -0.219. The lowest BCUT2D eigenvalue weighted by Crippen LogP contribution is -2.70. The zero-order chi connectivity index (χ0) is 31.6. The summed E-state index contributed by atoms with van der Waals surface area (Å²) in [6, 6.07) is 0. The number of aliphatic carboxylic acids is 1. The Morgan fingerprint density at radius 1 is 1.02 bits per heavy atom. The molecular formula is C33H48O9. The molecule has 0 unspecified atom stereocenters. The highest BCUT2D eigenvalue weighted by molar-refractivity contribution is 5.95. The van der Waals surface area contributed by atoms with Gasteiger partial charge in [-0.2, -0.15) is 0 Å². The SMILES string of the molecule is CC(=O)O[C@H]1C[C@@]2(C)[C@@H](CC[C@H]3[C@@]4(C)CCC(=O)[C@@H](C)[C@@H]4[C@H](OC(C)=O)C(=O)[C@@]32C)/C1=C(\CCCC(C)(C)O)C(=O)O. The van der Waals surface area contributed by atoms with Crippen LogP contribution >= 0.6 is 0 Å². The second-order valence-electron chi connectivity index (χ2n) is 14.7. The molecule has 4 fully saturated rings. The molecule has 42 heavy (non-hydrogen) atoms. The number of fused-ring (bicyclic) bond motifs is 5. The molecular weight excluding hydrogens is 540 g/mol. The van der Waals surface area contributed by atoms with Gasteiger partial charge in [0.1, 0.15) is 11.9 Å². The van der Waals surface area contributed by atoms with Crippen LogP contribution in [0.4, 0.5) is 0 Å². The minimum absolute atomic E-state index is 0.0732. The van der Waals surface area contributed by atoms with Gasteiger partial charge in [-0.25, -0.2) is 4.79 Å². The molecule has 234 valence electrons. The van der Waals surface area contributed by atoms with Crippen LogP contribution in [0.1, 0.15) is 107 Å². The van der Waals surface area contributed by atoms with Crippen LogP contribution in [0.25, 0.3) is 0 Å². The van der Waals surface area contributed by atoms with Crippen LogP contribution in [0.15, 0.2) is 11.1 Å². The number of carboxylic acid groups (broad SMARTS) is 1. The van der Waals surface area contributed by atoms with Gasteiger partial charge in [0, 0.05) is 43.1 Å². The molecule has 4 aliphatic rings. The van der Waals surface area contributed by atoms with Crippen molar-refractivity contribution in [2.24, 2.45) is 39.9 Å². The molecule has 0 spiro atoms. The Kier molecular flexibility index (Phi) is 8.37. The van der Waals surface area contributed by atoms with Crippen molar-refractivity contribution in [3.05, 3.63) is 11.1 Å². The predicted octanol–water partition coefficient (Wildman–Crippen LogP) is 4.82. The van der Waals surface area contributed by atoms with Crippen molar-refractivity contribution in [3.8, 4) is 0 Å². The van der Waals surface area contributed by atoms with Gasteiger partial charge in [0.15, 0.2) is 11.9 Å². The lowest BCUT2D eigenvalue weighted by atomic mass is 9.36. The molecule has 9 nitrogen and oxygen atoms in total. The molecule has 9 heteroatoms. The van der Waals surface area contributed by atoms with E-state index < -0.39 is 63.8 Å². The molecule has 2 N–H and O–H groups in total. The quantitative estimate of drug-likeness (QED) is 0.316. The van der Waals surface area contributed by atoms with E-state index in [4.69, 9.17) is 9.47 Å². The summed E-state index contributed by atoms with van der Waals surface area (Å²) in [4.78, 5) is 65.1. The first kappa shape index (κ1) is 32.4. The number of ether oxygens (including phenoxy) is 2. The minimum Gasteiger partial charge on any atom is -0.478 e. The van der Waals surface area contributed by atoms with E-state index in [1.807, 2.05) is 20.8 Å². The van der Waals surface area contributed by atoms with Gasteiger partial charge >= 0.3 is 17.9 Å². The van der Waals surface area contributed by atoms with Crippen LogP contribution in [-0.2, 0) is 33.4 Å². The Labute approximate surface area is 248 Å². The highest BCUT2D eigenvalue weighted by atomic mass is 16.5. The standard InChI is InChI=1S/C33H48O9/c1-17-22(36)13-15-31(6)24-12-11-21-25(20(29(38)39)10-9-14-30(4,5)40)23(41-18(2)34)16-32(21,7)33(24,8)28(37)27(26(17)31)42-19(3)35/h17,21,23-24,26-27,40H,9-16H2,1-8H3,(H,38,39)/b25-20-/t17-,21+,23+,24+,26-,27+,31-,32+,33-/m1/s1. The van der Waals surface area contributed by atoms with Crippen LogP contribution in [0.2, 0.25) is 0 Å². The average Bonchev–Trinajstić information content (AvgIpc) is 3.13. The molecule has 4 aliphatic carbocycles. The normalized spacial score (nSPS) is 40.9. The van der Waals surface area contributed by atoms with Gasteiger partial charge < -0.3 is 19.7 Å². The second-order valence-corrected chi connectivity index (χ2v) is 14.7. The fraction of sp³-hybridized carbons (Fsp3) is 0.788. The second kappa shape index (κ2) is 10.9. The number of hydrogen-bond acceptors (Lipinski definition) is 8. The molecule has 0 aromatic heterocycles. The summed E-state index contributed by atoms with van der Waals surface area (Å²) in [6.45, 7) is 13.9. The van der Waals surface area contributed by atoms with Crippen LogP contribution in [0, 0.1) is 39.9 Å². The smallest absolute Gasteiger partial charge is 0.331 e. The molecule has 4 saturated carbocycles. The van der Waals surface area contributed by atoms with E-state index in [-0.39, 0.29) is 41.8 Å². The third-order valence-electron chi connectivity index (χ3n) is 11.8. The lowest BCUT2D eigenvalue weighted by Gasteiger charge is -2.67. The van der Waals surface area contributed by atoms with Crippen LogP contribution in [0.5, 0.6) is 0 Å². The summed E-state index contributed by atoms with van der Waals surface area (Å²) in [5.41, 5.74) is -2.50. The number of carbonyl (C=O) groups excluding carboxylic acids is 4. The zero-order valence-electron chi connectivity index (χ0n) is 26.4. The minimum atomic E-state index is -1.09. The van der Waals surface area contributed by atoms with Gasteiger partial charge in [0.2, 0.25) is 0 Å². The van der Waals surface area contributed by atoms with Crippen molar-refractivity contribution in [2.45, 2.75) is 125 Å². The van der Waals surface area contributed by atoms with Crippen molar-refractivity contribution in [1.29, 1.82) is 0 Å². The molecule has 0 aromatic rings. The number of Topliss-reactive ketones (excluding diaryl/α,β-unsaturated/α-hetero) is 2. The summed E-state index contributed by atoms with van der Waals surface area (Å²) in [5.74, 6) is -3.70. The predicted molar refractivity (Wildman–Crippen MR) is 153 cm³/mol. The Balaban J connectivity index is 1.88. The molecule has 0 saturated heterocycles.